The first kappa shape index (κ1) is 62.3. The van der Waals surface area contributed by atoms with Crippen LogP contribution in [0.2, 0.25) is 0 Å². The predicted octanol–water partition coefficient (Wildman–Crippen LogP) is 21.0. The van der Waals surface area contributed by atoms with Gasteiger partial charge in [0.05, 0.1) is 0 Å². The van der Waals surface area contributed by atoms with E-state index in [1.807, 2.05) is 147 Å². The average Bonchev–Trinajstić information content (AvgIpc) is 4.00. The Kier molecular flexibility index (Phi) is 49.1. The first-order valence-corrected chi connectivity index (χ1v) is 25.8. The maximum atomic E-state index is 2.30. The van der Waals surface area contributed by atoms with Crippen LogP contribution in [0.1, 0.15) is 245 Å². The molecule has 10 rings (SSSR count). The SMILES string of the molecule is C1C2CC3CC1CC(C2)C3.C1CCCC1.C1CCCCC1.CC.CC.CC.CC.CC.CC.CC.CC.CC1(C)c2ccccc2-c2ccccc21.c1ccccc1. The van der Waals surface area contributed by atoms with Crippen molar-refractivity contribution in [3.63, 3.8) is 0 Å². The van der Waals surface area contributed by atoms with Crippen LogP contribution < -0.4 is 0 Å². The standard InChI is InChI=1S/C15H14.C10H16.C6H12.C6H6.C5H10.8C2H6/c1-15(2)13-9-5-3-7-11(13)12-8-4-6-10-14(12)15;1-7-2-9-4-8(1)5-10(3-7)6-9;2*1-2-4-6-5-3-1;1-2-4-5-3-1;8*1-2/h3-10H,1-2H3;7-10H,1-6H2;1-6H2;1-6H;1-5H2;8*1-2H3. The lowest BCUT2D eigenvalue weighted by Crippen LogP contribution is -2.38. The van der Waals surface area contributed by atoms with Crippen LogP contribution in [0.4, 0.5) is 0 Å². The molecule has 7 aliphatic rings. The van der Waals surface area contributed by atoms with Crippen molar-refractivity contribution in [1.82, 2.24) is 0 Å². The molecule has 7 aliphatic carbocycles. The quantitative estimate of drug-likeness (QED) is 0.212. The number of fused-ring (bicyclic) bond motifs is 3. The Morgan fingerprint density at radius 2 is 0.448 bits per heavy atom. The van der Waals surface area contributed by atoms with E-state index in [0.717, 1.165) is 0 Å². The van der Waals surface area contributed by atoms with Crippen LogP contribution in [0.25, 0.3) is 11.1 Å². The van der Waals surface area contributed by atoms with Crippen molar-refractivity contribution in [3.05, 3.63) is 96.1 Å². The number of hydrogen-bond acceptors (Lipinski definition) is 0. The van der Waals surface area contributed by atoms with Gasteiger partial charge in [0.2, 0.25) is 0 Å². The lowest BCUT2D eigenvalue weighted by atomic mass is 9.56. The van der Waals surface area contributed by atoms with Crippen molar-refractivity contribution in [2.45, 2.75) is 239 Å². The second-order valence-corrected chi connectivity index (χ2v) is 14.6. The minimum absolute atomic E-state index is 0.160. The minimum atomic E-state index is 0.160. The van der Waals surface area contributed by atoms with Crippen molar-refractivity contribution >= 4 is 0 Å². The predicted molar refractivity (Wildman–Crippen MR) is 274 cm³/mol. The molecule has 6 saturated carbocycles. The fourth-order valence-corrected chi connectivity index (χ4v) is 8.98. The third kappa shape index (κ3) is 25.3. The van der Waals surface area contributed by atoms with Gasteiger partial charge in [0, 0.05) is 5.41 Å². The fraction of sp³-hybridized carbons (Fsp3) is 0.690. The zero-order valence-electron chi connectivity index (χ0n) is 42.9. The van der Waals surface area contributed by atoms with Gasteiger partial charge >= 0.3 is 0 Å². The topological polar surface area (TPSA) is 0 Å². The van der Waals surface area contributed by atoms with Gasteiger partial charge in [0.25, 0.3) is 0 Å². The second kappa shape index (κ2) is 45.7. The Bertz CT molecular complexity index is 1010. The van der Waals surface area contributed by atoms with E-state index in [2.05, 4.69) is 62.4 Å². The Morgan fingerprint density at radius 3 is 0.638 bits per heavy atom. The molecule has 6 fully saturated rings. The van der Waals surface area contributed by atoms with Gasteiger partial charge in [-0.05, 0) is 84.5 Å². The lowest BCUT2D eigenvalue weighted by Gasteiger charge is -2.49. The molecule has 0 saturated heterocycles. The molecule has 58 heavy (non-hydrogen) atoms. The molecule has 0 heteroatoms. The molecule has 0 N–H and O–H groups in total. The van der Waals surface area contributed by atoms with E-state index in [9.17, 15) is 0 Å². The van der Waals surface area contributed by atoms with Gasteiger partial charge < -0.3 is 0 Å². The molecule has 0 aliphatic heterocycles. The van der Waals surface area contributed by atoms with E-state index >= 15 is 0 Å². The Morgan fingerprint density at radius 1 is 0.276 bits per heavy atom. The molecule has 0 radical (unpaired) electrons. The molecule has 0 unspecified atom stereocenters. The van der Waals surface area contributed by atoms with Crippen LogP contribution >= 0.6 is 0 Å². The Labute approximate surface area is 368 Å². The summed E-state index contributed by atoms with van der Waals surface area (Å²) in [5, 5.41) is 0. The van der Waals surface area contributed by atoms with Gasteiger partial charge in [0.15, 0.2) is 0 Å². The molecule has 4 bridgehead atoms. The van der Waals surface area contributed by atoms with Gasteiger partial charge in [-0.1, -0.05) is 280 Å². The van der Waals surface area contributed by atoms with E-state index < -0.39 is 0 Å². The zero-order chi connectivity index (χ0) is 45.0. The third-order valence-electron chi connectivity index (χ3n) is 10.9. The Hall–Kier alpha value is -2.34. The molecular formula is C58H106. The summed E-state index contributed by atoms with van der Waals surface area (Å²) in [5.74, 6) is 4.71. The van der Waals surface area contributed by atoms with Crippen LogP contribution in [0, 0.1) is 23.7 Å². The van der Waals surface area contributed by atoms with Crippen molar-refractivity contribution in [2.24, 2.45) is 23.7 Å². The summed E-state index contributed by atoms with van der Waals surface area (Å²) in [5.41, 5.74) is 5.86. The summed E-state index contributed by atoms with van der Waals surface area (Å²) >= 11 is 0. The molecular weight excluding hydrogens is 697 g/mol. The highest BCUT2D eigenvalue weighted by Gasteiger charge is 2.41. The third-order valence-corrected chi connectivity index (χ3v) is 10.9. The lowest BCUT2D eigenvalue weighted by molar-refractivity contribution is 0.0198. The van der Waals surface area contributed by atoms with Crippen LogP contribution in [0.15, 0.2) is 84.9 Å². The van der Waals surface area contributed by atoms with Crippen LogP contribution in [0.3, 0.4) is 0 Å². The van der Waals surface area contributed by atoms with Crippen molar-refractivity contribution in [1.29, 1.82) is 0 Å². The minimum Gasteiger partial charge on any atom is -0.0683 e. The molecule has 0 heterocycles. The zero-order valence-corrected chi connectivity index (χ0v) is 42.9. The van der Waals surface area contributed by atoms with Gasteiger partial charge in [-0.3, -0.25) is 0 Å². The number of benzene rings is 3. The summed E-state index contributed by atoms with van der Waals surface area (Å²) in [4.78, 5) is 0. The average molecular weight is 803 g/mol. The van der Waals surface area contributed by atoms with Gasteiger partial charge in [-0.15, -0.1) is 0 Å². The van der Waals surface area contributed by atoms with Crippen molar-refractivity contribution in [3.8, 4) is 11.1 Å². The summed E-state index contributed by atoms with van der Waals surface area (Å²) in [6.07, 6.45) is 26.1. The number of hydrogen-bond donors (Lipinski definition) is 0. The van der Waals surface area contributed by atoms with Gasteiger partial charge in [0.1, 0.15) is 0 Å². The normalized spacial score (nSPS) is 20.2. The molecule has 3 aromatic carbocycles. The smallest absolute Gasteiger partial charge is 0.0158 e. The molecule has 0 nitrogen and oxygen atoms in total. The second-order valence-electron chi connectivity index (χ2n) is 14.6. The maximum Gasteiger partial charge on any atom is 0.0158 e. The monoisotopic (exact) mass is 803 g/mol. The molecule has 0 aromatic heterocycles. The number of rotatable bonds is 0. The summed E-state index contributed by atoms with van der Waals surface area (Å²) in [6.45, 7) is 36.6. The highest BCUT2D eigenvalue weighted by Crippen LogP contribution is 2.53. The van der Waals surface area contributed by atoms with Crippen molar-refractivity contribution < 1.29 is 0 Å². The van der Waals surface area contributed by atoms with Crippen LogP contribution in [-0.2, 0) is 5.41 Å². The Balaban J connectivity index is -0.000000301. The van der Waals surface area contributed by atoms with Crippen molar-refractivity contribution in [2.75, 3.05) is 0 Å². The molecule has 0 atom stereocenters. The first-order valence-electron chi connectivity index (χ1n) is 25.8. The van der Waals surface area contributed by atoms with Crippen LogP contribution in [-0.4, -0.2) is 0 Å². The molecule has 0 spiro atoms. The highest BCUT2D eigenvalue weighted by atomic mass is 14.5. The largest absolute Gasteiger partial charge is 0.0683 e. The van der Waals surface area contributed by atoms with E-state index in [4.69, 9.17) is 0 Å². The van der Waals surface area contributed by atoms with Gasteiger partial charge in [-0.2, -0.15) is 0 Å². The van der Waals surface area contributed by atoms with E-state index in [1.54, 1.807) is 38.5 Å². The van der Waals surface area contributed by atoms with E-state index in [1.165, 1.54) is 117 Å². The fourth-order valence-electron chi connectivity index (χ4n) is 8.98. The van der Waals surface area contributed by atoms with E-state index in [0.29, 0.717) is 0 Å². The molecule has 338 valence electrons. The highest BCUT2D eigenvalue weighted by molar-refractivity contribution is 5.80. The summed E-state index contributed by atoms with van der Waals surface area (Å²) in [6, 6.07) is 29.4. The summed E-state index contributed by atoms with van der Waals surface area (Å²) < 4.78 is 0. The maximum absolute atomic E-state index is 2.30. The molecule has 3 aromatic rings. The van der Waals surface area contributed by atoms with Gasteiger partial charge in [-0.25, -0.2) is 0 Å². The van der Waals surface area contributed by atoms with E-state index in [-0.39, 0.29) is 5.41 Å². The molecule has 0 amide bonds. The first-order chi connectivity index (χ1) is 28.6. The van der Waals surface area contributed by atoms with Crippen LogP contribution in [0.5, 0.6) is 0 Å². The summed E-state index contributed by atoms with van der Waals surface area (Å²) in [7, 11) is 0.